The molecular formula is C19H27ClN4O3. The molecule has 0 aliphatic carbocycles. The molecule has 1 aliphatic heterocycles. The van der Waals surface area contributed by atoms with E-state index in [0.717, 1.165) is 5.56 Å². The van der Waals surface area contributed by atoms with Crippen molar-refractivity contribution in [3.8, 4) is 6.07 Å². The molecule has 1 heterocycles. The highest BCUT2D eigenvalue weighted by molar-refractivity contribution is 5.90. The lowest BCUT2D eigenvalue weighted by Gasteiger charge is -2.32. The smallest absolute Gasteiger partial charge is 0.243 e. The Kier molecular flexibility index (Phi) is 7.78. The number of hydrogen-bond acceptors (Lipinski definition) is 5. The molecule has 0 spiro atoms. The molecule has 7 nitrogen and oxygen atoms in total. The van der Waals surface area contributed by atoms with Crippen LogP contribution in [-0.2, 0) is 16.1 Å². The third-order valence-electron chi connectivity index (χ3n) is 4.61. The molecule has 3 atom stereocenters. The van der Waals surface area contributed by atoms with Crippen molar-refractivity contribution >= 4 is 24.2 Å². The molecule has 0 radical (unpaired) electrons. The van der Waals surface area contributed by atoms with Crippen LogP contribution in [0.4, 0.5) is 0 Å². The molecule has 1 aromatic rings. The zero-order chi connectivity index (χ0) is 19.5. The Bertz CT molecular complexity index is 709. The molecular weight excluding hydrogens is 368 g/mol. The highest BCUT2D eigenvalue weighted by Crippen LogP contribution is 2.24. The van der Waals surface area contributed by atoms with Crippen molar-refractivity contribution in [3.63, 3.8) is 0 Å². The van der Waals surface area contributed by atoms with Gasteiger partial charge in [-0.25, -0.2) is 0 Å². The highest BCUT2D eigenvalue weighted by atomic mass is 35.5. The van der Waals surface area contributed by atoms with Crippen LogP contribution in [0.2, 0.25) is 0 Å². The van der Waals surface area contributed by atoms with Gasteiger partial charge < -0.3 is 21.1 Å². The minimum atomic E-state index is -0.748. The molecule has 0 aromatic heterocycles. The number of nitrogens with zero attached hydrogens (tertiary/aromatic N) is 2. The summed E-state index contributed by atoms with van der Waals surface area (Å²) in [5.74, 6) is -0.645. The molecule has 0 saturated carbocycles. The summed E-state index contributed by atoms with van der Waals surface area (Å²) in [5, 5.41) is 21.6. The summed E-state index contributed by atoms with van der Waals surface area (Å²) in [6.45, 7) is 5.98. The number of aliphatic hydroxyl groups is 1. The van der Waals surface area contributed by atoms with Gasteiger partial charge in [-0.3, -0.25) is 9.59 Å². The number of amides is 2. The van der Waals surface area contributed by atoms with Crippen LogP contribution in [0.3, 0.4) is 0 Å². The van der Waals surface area contributed by atoms with Crippen molar-refractivity contribution in [2.45, 2.75) is 51.9 Å². The lowest BCUT2D eigenvalue weighted by Crippen LogP contribution is -2.54. The van der Waals surface area contributed by atoms with Gasteiger partial charge in [0.1, 0.15) is 6.04 Å². The first-order valence-electron chi connectivity index (χ1n) is 8.64. The maximum absolute atomic E-state index is 12.7. The van der Waals surface area contributed by atoms with Crippen molar-refractivity contribution in [1.82, 2.24) is 10.2 Å². The zero-order valence-electron chi connectivity index (χ0n) is 15.8. The Morgan fingerprint density at radius 1 is 1.37 bits per heavy atom. The number of rotatable bonds is 4. The Labute approximate surface area is 165 Å². The minimum Gasteiger partial charge on any atom is -0.391 e. The van der Waals surface area contributed by atoms with Crippen molar-refractivity contribution < 1.29 is 14.7 Å². The van der Waals surface area contributed by atoms with E-state index in [-0.39, 0.29) is 43.7 Å². The first-order chi connectivity index (χ1) is 12.1. The molecule has 0 bridgehead atoms. The van der Waals surface area contributed by atoms with Crippen molar-refractivity contribution in [3.05, 3.63) is 35.4 Å². The summed E-state index contributed by atoms with van der Waals surface area (Å²) >= 11 is 0. The summed E-state index contributed by atoms with van der Waals surface area (Å²) < 4.78 is 0. The fourth-order valence-electron chi connectivity index (χ4n) is 2.86. The predicted octanol–water partition coefficient (Wildman–Crippen LogP) is 0.931. The lowest BCUT2D eigenvalue weighted by atomic mass is 9.86. The van der Waals surface area contributed by atoms with E-state index in [1.165, 1.54) is 4.90 Å². The number of aliphatic hydroxyl groups excluding tert-OH is 1. The van der Waals surface area contributed by atoms with Gasteiger partial charge in [0.2, 0.25) is 11.8 Å². The number of benzene rings is 1. The number of hydrogen-bond donors (Lipinski definition) is 3. The summed E-state index contributed by atoms with van der Waals surface area (Å²) in [7, 11) is 0. The molecule has 4 N–H and O–H groups in total. The predicted molar refractivity (Wildman–Crippen MR) is 104 cm³/mol. The van der Waals surface area contributed by atoms with E-state index in [1.54, 1.807) is 24.3 Å². The van der Waals surface area contributed by atoms with Gasteiger partial charge in [-0.15, -0.1) is 12.4 Å². The van der Waals surface area contributed by atoms with Gasteiger partial charge in [-0.05, 0) is 23.1 Å². The van der Waals surface area contributed by atoms with Gasteiger partial charge in [-0.1, -0.05) is 32.9 Å². The van der Waals surface area contributed by atoms with E-state index in [9.17, 15) is 14.7 Å². The normalized spacial score (nSPS) is 20.4. The van der Waals surface area contributed by atoms with Crippen LogP contribution in [0.15, 0.2) is 24.3 Å². The zero-order valence-corrected chi connectivity index (χ0v) is 16.6. The van der Waals surface area contributed by atoms with Crippen LogP contribution in [-0.4, -0.2) is 46.6 Å². The first kappa shape index (κ1) is 22.9. The number of halogens is 1. The van der Waals surface area contributed by atoms with Gasteiger partial charge >= 0.3 is 0 Å². The number of likely N-dealkylation sites (tertiary alicyclic amines) is 1. The number of β-amino-alcohol motifs (C(OH)–C–C–N with tert-alkyl or cyclic N) is 1. The quantitative estimate of drug-likeness (QED) is 0.701. The largest absolute Gasteiger partial charge is 0.391 e. The molecule has 1 aromatic carbocycles. The Morgan fingerprint density at radius 3 is 2.48 bits per heavy atom. The number of carbonyl (C=O) groups excluding carboxylic acids is 2. The second kappa shape index (κ2) is 9.18. The van der Waals surface area contributed by atoms with Crippen molar-refractivity contribution in [1.29, 1.82) is 5.26 Å². The Hall–Kier alpha value is -2.14. The molecule has 1 unspecified atom stereocenters. The first-order valence-corrected chi connectivity index (χ1v) is 8.64. The third kappa shape index (κ3) is 5.67. The minimum absolute atomic E-state index is 0. The second-order valence-electron chi connectivity index (χ2n) is 7.77. The van der Waals surface area contributed by atoms with Crippen LogP contribution < -0.4 is 11.1 Å². The average molecular weight is 395 g/mol. The van der Waals surface area contributed by atoms with E-state index in [4.69, 9.17) is 11.0 Å². The highest BCUT2D eigenvalue weighted by Gasteiger charge is 2.42. The number of nitrogens with two attached hydrogens (primary N) is 1. The van der Waals surface area contributed by atoms with Gasteiger partial charge in [0.25, 0.3) is 0 Å². The molecule has 1 fully saturated rings. The number of nitrogens with one attached hydrogen (secondary N) is 1. The van der Waals surface area contributed by atoms with Crippen LogP contribution in [0.25, 0.3) is 0 Å². The van der Waals surface area contributed by atoms with E-state index in [1.807, 2.05) is 26.8 Å². The van der Waals surface area contributed by atoms with E-state index < -0.39 is 23.6 Å². The fraction of sp³-hybridized carbons (Fsp3) is 0.526. The molecule has 1 saturated heterocycles. The van der Waals surface area contributed by atoms with Crippen molar-refractivity contribution in [2.24, 2.45) is 11.1 Å². The Morgan fingerprint density at radius 2 is 1.96 bits per heavy atom. The van der Waals surface area contributed by atoms with Gasteiger partial charge in [0.15, 0.2) is 0 Å². The van der Waals surface area contributed by atoms with E-state index in [2.05, 4.69) is 5.32 Å². The summed E-state index contributed by atoms with van der Waals surface area (Å²) in [5.41, 5.74) is 7.00. The topological polar surface area (TPSA) is 119 Å². The second-order valence-corrected chi connectivity index (χ2v) is 7.77. The summed E-state index contributed by atoms with van der Waals surface area (Å²) in [6.07, 6.45) is -0.543. The van der Waals surface area contributed by atoms with Crippen LogP contribution >= 0.6 is 12.4 Å². The van der Waals surface area contributed by atoms with E-state index in [0.29, 0.717) is 5.56 Å². The van der Waals surface area contributed by atoms with Gasteiger partial charge in [-0.2, -0.15) is 5.26 Å². The summed E-state index contributed by atoms with van der Waals surface area (Å²) in [6, 6.07) is 7.45. The maximum atomic E-state index is 12.7. The van der Waals surface area contributed by atoms with Crippen LogP contribution in [0.5, 0.6) is 0 Å². The Balaban J connectivity index is 0.00000364. The molecule has 27 heavy (non-hydrogen) atoms. The monoisotopic (exact) mass is 394 g/mol. The lowest BCUT2D eigenvalue weighted by molar-refractivity contribution is -0.141. The van der Waals surface area contributed by atoms with E-state index >= 15 is 0 Å². The number of nitriles is 1. The van der Waals surface area contributed by atoms with Gasteiger partial charge in [0.05, 0.1) is 23.8 Å². The average Bonchev–Trinajstić information content (AvgIpc) is 2.99. The molecule has 1 aliphatic rings. The molecule has 2 amide bonds. The molecule has 2 rings (SSSR count). The van der Waals surface area contributed by atoms with Crippen LogP contribution in [0, 0.1) is 16.7 Å². The van der Waals surface area contributed by atoms with Gasteiger partial charge in [0, 0.05) is 19.5 Å². The SMILES string of the molecule is CC(C)(C)C(N)C(=O)N1C[C@H](O)C[C@H]1C(=O)NCc1ccc(C#N)cc1.Cl. The molecule has 8 heteroatoms. The standard InChI is InChI=1S/C19H26N4O3.ClH/c1-19(2,3)16(21)18(26)23-11-14(24)8-15(23)17(25)22-10-13-6-4-12(9-20)5-7-13;/h4-7,14-16,24H,8,10-11,21H2,1-3H3,(H,22,25);1H/t14-,15+,16?;/m1./s1. The number of carbonyl (C=O) groups is 2. The molecule has 148 valence electrons. The third-order valence-corrected chi connectivity index (χ3v) is 4.61. The summed E-state index contributed by atoms with van der Waals surface area (Å²) in [4.78, 5) is 26.6. The van der Waals surface area contributed by atoms with Crippen LogP contribution in [0.1, 0.15) is 38.3 Å². The van der Waals surface area contributed by atoms with Crippen molar-refractivity contribution in [2.75, 3.05) is 6.54 Å². The maximum Gasteiger partial charge on any atom is 0.243 e. The fourth-order valence-corrected chi connectivity index (χ4v) is 2.86.